The summed E-state index contributed by atoms with van der Waals surface area (Å²) in [6.07, 6.45) is 0. The molecule has 0 saturated heterocycles. The molecule has 0 aliphatic rings. The van der Waals surface area contributed by atoms with Crippen molar-refractivity contribution in [2.45, 2.75) is 20.8 Å². The first-order valence-electron chi connectivity index (χ1n) is 9.28. The molecule has 0 atom stereocenters. The van der Waals surface area contributed by atoms with Gasteiger partial charge in [-0.25, -0.2) is 4.98 Å². The molecule has 0 radical (unpaired) electrons. The summed E-state index contributed by atoms with van der Waals surface area (Å²) < 4.78 is 5.41. The second-order valence-electron chi connectivity index (χ2n) is 6.43. The van der Waals surface area contributed by atoms with E-state index < -0.39 is 4.92 Å². The Balaban J connectivity index is 1.90. The van der Waals surface area contributed by atoms with Gasteiger partial charge in [0, 0.05) is 16.9 Å². The normalized spacial score (nSPS) is 10.4. The molecule has 0 amide bonds. The van der Waals surface area contributed by atoms with Crippen molar-refractivity contribution in [1.29, 1.82) is 0 Å². The van der Waals surface area contributed by atoms with E-state index in [1.807, 2.05) is 6.92 Å². The lowest BCUT2D eigenvalue weighted by atomic mass is 10.1. The summed E-state index contributed by atoms with van der Waals surface area (Å²) in [6, 6.07) is 13.8. The van der Waals surface area contributed by atoms with E-state index in [2.05, 4.69) is 20.6 Å². The average Bonchev–Trinajstić information content (AvgIpc) is 2.69. The number of aryl methyl sites for hydroxylation is 1. The molecule has 9 heteroatoms. The van der Waals surface area contributed by atoms with Crippen molar-refractivity contribution in [3.63, 3.8) is 0 Å². The maximum atomic E-state index is 11.6. The fourth-order valence-corrected chi connectivity index (χ4v) is 2.78. The van der Waals surface area contributed by atoms with Crippen LogP contribution in [-0.2, 0) is 0 Å². The van der Waals surface area contributed by atoms with E-state index in [0.29, 0.717) is 29.3 Å². The van der Waals surface area contributed by atoms with Crippen molar-refractivity contribution < 1.29 is 14.5 Å². The van der Waals surface area contributed by atoms with Gasteiger partial charge in [0.1, 0.15) is 11.4 Å². The zero-order chi connectivity index (χ0) is 21.7. The van der Waals surface area contributed by atoms with E-state index in [0.717, 1.165) is 0 Å². The van der Waals surface area contributed by atoms with Crippen LogP contribution in [0.2, 0.25) is 0 Å². The molecule has 0 spiro atoms. The van der Waals surface area contributed by atoms with Crippen LogP contribution in [0.25, 0.3) is 0 Å². The van der Waals surface area contributed by atoms with Crippen molar-refractivity contribution in [2.24, 2.45) is 0 Å². The van der Waals surface area contributed by atoms with Crippen LogP contribution in [0, 0.1) is 17.0 Å². The largest absolute Gasteiger partial charge is 0.494 e. The quantitative estimate of drug-likeness (QED) is 0.311. The number of aromatic nitrogens is 2. The van der Waals surface area contributed by atoms with Gasteiger partial charge in [0.2, 0.25) is 11.8 Å². The Morgan fingerprint density at radius 2 is 1.63 bits per heavy atom. The number of ketones is 1. The van der Waals surface area contributed by atoms with Crippen molar-refractivity contribution in [2.75, 3.05) is 17.2 Å². The summed E-state index contributed by atoms with van der Waals surface area (Å²) in [5.74, 6) is 0.931. The number of carbonyl (C=O) groups excluding carboxylic acids is 1. The Bertz CT molecular complexity index is 1070. The van der Waals surface area contributed by atoms with Gasteiger partial charge in [-0.05, 0) is 69.3 Å². The monoisotopic (exact) mass is 407 g/mol. The molecule has 1 aromatic heterocycles. The smallest absolute Gasteiger partial charge is 0.332 e. The van der Waals surface area contributed by atoms with Gasteiger partial charge < -0.3 is 15.4 Å². The number of hydrogen-bond donors (Lipinski definition) is 2. The third-order valence-corrected chi connectivity index (χ3v) is 4.22. The number of hydrogen-bond acceptors (Lipinski definition) is 8. The van der Waals surface area contributed by atoms with Crippen LogP contribution in [0.1, 0.15) is 29.9 Å². The van der Waals surface area contributed by atoms with Gasteiger partial charge in [-0.15, -0.1) is 0 Å². The number of nitrogens with zero attached hydrogens (tertiary/aromatic N) is 3. The van der Waals surface area contributed by atoms with E-state index in [1.54, 1.807) is 55.5 Å². The number of ether oxygens (including phenoxy) is 1. The van der Waals surface area contributed by atoms with Crippen molar-refractivity contribution in [1.82, 2.24) is 9.97 Å². The lowest BCUT2D eigenvalue weighted by Crippen LogP contribution is -2.07. The van der Waals surface area contributed by atoms with E-state index >= 15 is 0 Å². The van der Waals surface area contributed by atoms with Crippen molar-refractivity contribution >= 4 is 34.6 Å². The van der Waals surface area contributed by atoms with E-state index in [4.69, 9.17) is 4.74 Å². The zero-order valence-corrected chi connectivity index (χ0v) is 16.8. The predicted octanol–water partition coefficient (Wildman–Crippen LogP) is 4.78. The predicted molar refractivity (Wildman–Crippen MR) is 114 cm³/mol. The fourth-order valence-electron chi connectivity index (χ4n) is 2.78. The van der Waals surface area contributed by atoms with Gasteiger partial charge >= 0.3 is 5.69 Å². The lowest BCUT2D eigenvalue weighted by Gasteiger charge is -2.11. The van der Waals surface area contributed by atoms with Crippen LogP contribution >= 0.6 is 0 Å². The SMILES string of the molecule is CCOc1ccc(Nc2nc(Nc3ccc(C(C)=O)cc3)nc(C)c2[N+](=O)[O-])cc1. The summed E-state index contributed by atoms with van der Waals surface area (Å²) in [4.78, 5) is 30.9. The van der Waals surface area contributed by atoms with Gasteiger partial charge in [0.05, 0.1) is 11.5 Å². The number of Topliss-reactive ketones (excluding diaryl/α,β-unsaturated/α-hetero) is 1. The van der Waals surface area contributed by atoms with E-state index in [1.165, 1.54) is 6.92 Å². The van der Waals surface area contributed by atoms with Crippen LogP contribution in [0.3, 0.4) is 0 Å². The first-order chi connectivity index (χ1) is 14.4. The Kier molecular flexibility index (Phi) is 6.21. The second-order valence-corrected chi connectivity index (χ2v) is 6.43. The van der Waals surface area contributed by atoms with Gasteiger partial charge in [0.25, 0.3) is 0 Å². The summed E-state index contributed by atoms with van der Waals surface area (Å²) >= 11 is 0. The summed E-state index contributed by atoms with van der Waals surface area (Å²) in [7, 11) is 0. The molecule has 0 aliphatic heterocycles. The highest BCUT2D eigenvalue weighted by molar-refractivity contribution is 5.94. The molecule has 3 rings (SSSR count). The first-order valence-corrected chi connectivity index (χ1v) is 9.28. The molecular formula is C21H21N5O4. The number of nitro groups is 1. The average molecular weight is 407 g/mol. The molecule has 0 unspecified atom stereocenters. The number of rotatable bonds is 8. The van der Waals surface area contributed by atoms with E-state index in [-0.39, 0.29) is 28.9 Å². The Hall–Kier alpha value is -4.01. The van der Waals surface area contributed by atoms with Crippen LogP contribution in [0.5, 0.6) is 5.75 Å². The van der Waals surface area contributed by atoms with Gasteiger partial charge in [-0.1, -0.05) is 0 Å². The van der Waals surface area contributed by atoms with Gasteiger partial charge in [-0.3, -0.25) is 14.9 Å². The third kappa shape index (κ3) is 4.88. The molecule has 3 aromatic rings. The molecule has 30 heavy (non-hydrogen) atoms. The maximum absolute atomic E-state index is 11.6. The first kappa shape index (κ1) is 20.7. The number of nitrogens with one attached hydrogen (secondary N) is 2. The third-order valence-electron chi connectivity index (χ3n) is 4.22. The molecule has 0 bridgehead atoms. The molecule has 0 aliphatic carbocycles. The number of benzene rings is 2. The number of carbonyl (C=O) groups is 1. The highest BCUT2D eigenvalue weighted by atomic mass is 16.6. The summed E-state index contributed by atoms with van der Waals surface area (Å²) in [5, 5.41) is 17.6. The molecule has 2 N–H and O–H groups in total. The molecule has 0 fully saturated rings. The van der Waals surface area contributed by atoms with E-state index in [9.17, 15) is 14.9 Å². The summed E-state index contributed by atoms with van der Waals surface area (Å²) in [6.45, 7) is 5.48. The van der Waals surface area contributed by atoms with Crippen LogP contribution in [0.15, 0.2) is 48.5 Å². The molecular weight excluding hydrogens is 386 g/mol. The molecule has 2 aromatic carbocycles. The summed E-state index contributed by atoms with van der Waals surface area (Å²) in [5.41, 5.74) is 1.86. The van der Waals surface area contributed by atoms with Crippen molar-refractivity contribution in [3.05, 3.63) is 69.9 Å². The Labute approximate surface area is 173 Å². The second kappa shape index (κ2) is 8.99. The van der Waals surface area contributed by atoms with Gasteiger partial charge in [-0.2, -0.15) is 4.98 Å². The molecule has 9 nitrogen and oxygen atoms in total. The minimum absolute atomic E-state index is 0.0363. The lowest BCUT2D eigenvalue weighted by molar-refractivity contribution is -0.385. The Morgan fingerprint density at radius 1 is 1.03 bits per heavy atom. The highest BCUT2D eigenvalue weighted by Crippen LogP contribution is 2.30. The minimum Gasteiger partial charge on any atom is -0.494 e. The minimum atomic E-state index is -0.516. The topological polar surface area (TPSA) is 119 Å². The van der Waals surface area contributed by atoms with Crippen LogP contribution in [-0.4, -0.2) is 27.3 Å². The standard InChI is InChI=1S/C21H21N5O4/c1-4-30-18-11-9-16(10-12-18)23-20-19(26(28)29)13(2)22-21(25-20)24-17-7-5-15(6-8-17)14(3)27/h5-12H,4H2,1-3H3,(H2,22,23,24,25). The highest BCUT2D eigenvalue weighted by Gasteiger charge is 2.22. The molecule has 1 heterocycles. The van der Waals surface area contributed by atoms with Crippen LogP contribution < -0.4 is 15.4 Å². The molecule has 0 saturated carbocycles. The zero-order valence-electron chi connectivity index (χ0n) is 16.8. The van der Waals surface area contributed by atoms with Gasteiger partial charge in [0.15, 0.2) is 5.78 Å². The fraction of sp³-hybridized carbons (Fsp3) is 0.190. The molecule has 154 valence electrons. The van der Waals surface area contributed by atoms with Crippen LogP contribution in [0.4, 0.5) is 28.8 Å². The van der Waals surface area contributed by atoms with Crippen molar-refractivity contribution in [3.8, 4) is 5.75 Å². The number of anilines is 4. The maximum Gasteiger partial charge on any atom is 0.332 e. The Morgan fingerprint density at radius 3 is 2.20 bits per heavy atom.